The molecule has 3 aromatic rings. The molecule has 0 saturated heterocycles. The molecule has 4 rings (SSSR count). The third-order valence-electron chi connectivity index (χ3n) is 3.48. The van der Waals surface area contributed by atoms with Crippen molar-refractivity contribution in [1.29, 1.82) is 0 Å². The van der Waals surface area contributed by atoms with Crippen LogP contribution in [0.4, 0.5) is 20.5 Å². The average Bonchev–Trinajstić information content (AvgIpc) is 3.29. The maximum absolute atomic E-state index is 11.9. The first-order valence-electron chi connectivity index (χ1n) is 7.69. The van der Waals surface area contributed by atoms with Crippen molar-refractivity contribution in [3.05, 3.63) is 46.8 Å². The van der Waals surface area contributed by atoms with Crippen LogP contribution in [0.3, 0.4) is 0 Å². The van der Waals surface area contributed by atoms with Crippen molar-refractivity contribution < 1.29 is 8.78 Å². The summed E-state index contributed by atoms with van der Waals surface area (Å²) >= 11 is 1.71. The molecule has 4 nitrogen and oxygen atoms in total. The number of aromatic nitrogens is 2. The van der Waals surface area contributed by atoms with Crippen LogP contribution in [0.1, 0.15) is 17.7 Å². The number of aryl methyl sites for hydroxylation is 1. The molecule has 7 heteroatoms. The molecule has 2 aromatic heterocycles. The number of nitrogens with zero attached hydrogens (tertiary/aromatic N) is 2. The van der Waals surface area contributed by atoms with Gasteiger partial charge in [0.05, 0.1) is 5.39 Å². The van der Waals surface area contributed by atoms with Gasteiger partial charge in [0.1, 0.15) is 10.6 Å². The number of hydrogen-bond donors (Lipinski definition) is 2. The smallest absolute Gasteiger partial charge is 0.225 e. The monoisotopic (exact) mass is 348 g/mol. The molecule has 1 aliphatic carbocycles. The van der Waals surface area contributed by atoms with E-state index in [-0.39, 0.29) is 0 Å². The molecule has 1 aromatic carbocycles. The lowest BCUT2D eigenvalue weighted by atomic mass is 10.3. The Bertz CT molecular complexity index is 825. The second-order valence-corrected chi connectivity index (χ2v) is 6.79. The highest BCUT2D eigenvalue weighted by Crippen LogP contribution is 2.32. The van der Waals surface area contributed by atoms with E-state index in [2.05, 4.69) is 33.6 Å². The van der Waals surface area contributed by atoms with Crippen LogP contribution in [0.15, 0.2) is 30.3 Å². The van der Waals surface area contributed by atoms with E-state index >= 15 is 0 Å². The van der Waals surface area contributed by atoms with Crippen molar-refractivity contribution >= 4 is 33.3 Å². The maximum atomic E-state index is 11.9. The second-order valence-electron chi connectivity index (χ2n) is 5.55. The van der Waals surface area contributed by atoms with Gasteiger partial charge in [-0.2, -0.15) is 4.98 Å². The summed E-state index contributed by atoms with van der Waals surface area (Å²) in [6, 6.07) is 7.81. The number of benzene rings is 1. The molecule has 1 fully saturated rings. The Morgan fingerprint density at radius 2 is 1.79 bits per heavy atom. The molecule has 2 N–H and O–H groups in total. The van der Waals surface area contributed by atoms with Crippen LogP contribution in [-0.2, 0) is 0 Å². The van der Waals surface area contributed by atoms with Crippen LogP contribution in [0.2, 0.25) is 0 Å². The van der Waals surface area contributed by atoms with E-state index in [4.69, 9.17) is 0 Å². The van der Waals surface area contributed by atoms with Crippen LogP contribution in [0, 0.1) is 18.6 Å². The molecule has 1 aliphatic rings. The first-order chi connectivity index (χ1) is 11.6. The predicted octanol–water partition coefficient (Wildman–Crippen LogP) is 4.58. The van der Waals surface area contributed by atoms with Crippen LogP contribution < -0.4 is 10.6 Å². The summed E-state index contributed by atoms with van der Waals surface area (Å²) in [6.07, 6.45) is 2.51. The Labute approximate surface area is 143 Å². The van der Waals surface area contributed by atoms with Crippen molar-refractivity contribution in [3.63, 3.8) is 0 Å². The zero-order valence-electron chi connectivity index (χ0n) is 13.4. The number of thiophene rings is 1. The van der Waals surface area contributed by atoms with Crippen molar-refractivity contribution in [2.24, 2.45) is 0 Å². The summed E-state index contributed by atoms with van der Waals surface area (Å²) in [5, 5.41) is 7.62. The first-order valence-corrected chi connectivity index (χ1v) is 8.51. The van der Waals surface area contributed by atoms with Crippen molar-refractivity contribution in [1.82, 2.24) is 9.97 Å². The standard InChI is InChI=1S/C11H14N4S.C6H4F2/c1-6-5-8-9(13-7-3-4-7)14-11(12-2)15-10(8)16-6;7-5-3-1-2-4-6(5)8/h5,7H,3-4H2,1-2H3,(H2,12,13,14,15);1-4H. The molecule has 24 heavy (non-hydrogen) atoms. The molecule has 0 bridgehead atoms. The lowest BCUT2D eigenvalue weighted by molar-refractivity contribution is 0.508. The molecule has 0 atom stereocenters. The topological polar surface area (TPSA) is 49.8 Å². The van der Waals surface area contributed by atoms with Gasteiger partial charge in [-0.3, -0.25) is 0 Å². The molecule has 2 heterocycles. The number of rotatable bonds is 3. The van der Waals surface area contributed by atoms with Crippen LogP contribution in [0.5, 0.6) is 0 Å². The number of fused-ring (bicyclic) bond motifs is 1. The summed E-state index contributed by atoms with van der Waals surface area (Å²) < 4.78 is 23.9. The van der Waals surface area contributed by atoms with Crippen LogP contribution >= 0.6 is 11.3 Å². The Hall–Kier alpha value is -2.28. The molecule has 0 aliphatic heterocycles. The molecular weight excluding hydrogens is 330 g/mol. The minimum atomic E-state index is -0.799. The number of anilines is 2. The lowest BCUT2D eigenvalue weighted by Gasteiger charge is -2.06. The fourth-order valence-electron chi connectivity index (χ4n) is 2.12. The minimum absolute atomic E-state index is 0.614. The quantitative estimate of drug-likeness (QED) is 0.727. The van der Waals surface area contributed by atoms with E-state index < -0.39 is 11.6 Å². The summed E-state index contributed by atoms with van der Waals surface area (Å²) in [7, 11) is 1.85. The molecule has 0 spiro atoms. The van der Waals surface area contributed by atoms with E-state index in [1.54, 1.807) is 11.3 Å². The predicted molar refractivity (Wildman–Crippen MR) is 94.7 cm³/mol. The number of hydrogen-bond acceptors (Lipinski definition) is 5. The molecule has 0 amide bonds. The van der Waals surface area contributed by atoms with Crippen molar-refractivity contribution in [2.75, 3.05) is 17.7 Å². The van der Waals surface area contributed by atoms with E-state index in [0.717, 1.165) is 28.2 Å². The molecular formula is C17H18F2N4S. The zero-order chi connectivity index (χ0) is 17.1. The molecule has 0 unspecified atom stereocenters. The van der Waals surface area contributed by atoms with Gasteiger partial charge in [-0.15, -0.1) is 11.3 Å². The van der Waals surface area contributed by atoms with Gasteiger partial charge in [0.25, 0.3) is 0 Å². The Morgan fingerprint density at radius 3 is 2.33 bits per heavy atom. The number of halogens is 2. The van der Waals surface area contributed by atoms with Gasteiger partial charge in [0.15, 0.2) is 11.6 Å². The van der Waals surface area contributed by atoms with E-state index in [9.17, 15) is 8.78 Å². The summed E-state index contributed by atoms with van der Waals surface area (Å²) in [4.78, 5) is 11.3. The van der Waals surface area contributed by atoms with Gasteiger partial charge in [-0.25, -0.2) is 13.8 Å². The summed E-state index contributed by atoms with van der Waals surface area (Å²) in [5.41, 5.74) is 0. The molecule has 1 saturated carbocycles. The lowest BCUT2D eigenvalue weighted by Crippen LogP contribution is -2.06. The fourth-order valence-corrected chi connectivity index (χ4v) is 3.00. The largest absolute Gasteiger partial charge is 0.367 e. The van der Waals surface area contributed by atoms with E-state index in [0.29, 0.717) is 12.0 Å². The highest BCUT2D eigenvalue weighted by molar-refractivity contribution is 7.18. The van der Waals surface area contributed by atoms with Crippen molar-refractivity contribution in [2.45, 2.75) is 25.8 Å². The zero-order valence-corrected chi connectivity index (χ0v) is 14.3. The van der Waals surface area contributed by atoms with Gasteiger partial charge in [-0.1, -0.05) is 12.1 Å². The van der Waals surface area contributed by atoms with Gasteiger partial charge in [0.2, 0.25) is 5.95 Å². The Morgan fingerprint density at radius 1 is 1.12 bits per heavy atom. The summed E-state index contributed by atoms with van der Waals surface area (Å²) in [6.45, 7) is 2.10. The summed E-state index contributed by atoms with van der Waals surface area (Å²) in [5.74, 6) is 0.0682. The number of nitrogens with one attached hydrogen (secondary N) is 2. The molecule has 0 radical (unpaired) electrons. The third kappa shape index (κ3) is 3.97. The van der Waals surface area contributed by atoms with E-state index in [1.165, 1.54) is 29.9 Å². The normalized spacial score (nSPS) is 13.3. The second kappa shape index (κ2) is 7.09. The average molecular weight is 348 g/mol. The Kier molecular flexibility index (Phi) is 4.89. The van der Waals surface area contributed by atoms with E-state index in [1.807, 2.05) is 7.05 Å². The highest BCUT2D eigenvalue weighted by atomic mass is 32.1. The van der Waals surface area contributed by atoms with Gasteiger partial charge in [-0.05, 0) is 38.0 Å². The minimum Gasteiger partial charge on any atom is -0.367 e. The third-order valence-corrected chi connectivity index (χ3v) is 4.43. The van der Waals surface area contributed by atoms with Gasteiger partial charge < -0.3 is 10.6 Å². The fraction of sp³-hybridized carbons (Fsp3) is 0.294. The Balaban J connectivity index is 0.000000179. The SMILES string of the molecule is CNc1nc(NC2CC2)c2cc(C)sc2n1.Fc1ccccc1F. The van der Waals surface area contributed by atoms with Crippen molar-refractivity contribution in [3.8, 4) is 0 Å². The van der Waals surface area contributed by atoms with Gasteiger partial charge >= 0.3 is 0 Å². The first kappa shape index (κ1) is 16.6. The van der Waals surface area contributed by atoms with Gasteiger partial charge in [0, 0.05) is 18.0 Å². The van der Waals surface area contributed by atoms with Crippen LogP contribution in [-0.4, -0.2) is 23.1 Å². The van der Waals surface area contributed by atoms with Crippen LogP contribution in [0.25, 0.3) is 10.2 Å². The maximum Gasteiger partial charge on any atom is 0.225 e. The highest BCUT2D eigenvalue weighted by Gasteiger charge is 2.23. The molecule has 126 valence electrons.